The number of carbonyl (C=O) groups is 1. The number of fused-ring (bicyclic) bond motifs is 3. The van der Waals surface area contributed by atoms with Crippen LogP contribution < -0.4 is 10.1 Å². The summed E-state index contributed by atoms with van der Waals surface area (Å²) < 4.78 is 5.28. The molecule has 0 radical (unpaired) electrons. The first kappa shape index (κ1) is 18.4. The Morgan fingerprint density at radius 1 is 1.29 bits per heavy atom. The highest BCUT2D eigenvalue weighted by Gasteiger charge is 2.23. The predicted octanol–water partition coefficient (Wildman–Crippen LogP) is 4.73. The van der Waals surface area contributed by atoms with E-state index in [1.165, 1.54) is 23.5 Å². The van der Waals surface area contributed by atoms with Crippen molar-refractivity contribution in [1.29, 1.82) is 0 Å². The van der Waals surface area contributed by atoms with Crippen molar-refractivity contribution in [3.63, 3.8) is 0 Å². The second-order valence-corrected chi connectivity index (χ2v) is 7.68. The summed E-state index contributed by atoms with van der Waals surface area (Å²) in [6.07, 6.45) is 1.70. The predicted molar refractivity (Wildman–Crippen MR) is 108 cm³/mol. The van der Waals surface area contributed by atoms with Gasteiger partial charge in [0.15, 0.2) is 5.13 Å². The van der Waals surface area contributed by atoms with Crippen LogP contribution in [0, 0.1) is 10.1 Å². The molecule has 4 rings (SSSR count). The molecule has 3 aromatic rings. The van der Waals surface area contributed by atoms with E-state index in [0.717, 1.165) is 46.4 Å². The number of thiazole rings is 1. The first-order valence-electron chi connectivity index (χ1n) is 8.38. The minimum atomic E-state index is -0.619. The van der Waals surface area contributed by atoms with Gasteiger partial charge in [-0.15, -0.1) is 11.3 Å². The summed E-state index contributed by atoms with van der Waals surface area (Å²) in [5.74, 6) is 0.330. The number of ether oxygens (including phenoxy) is 1. The number of rotatable bonds is 4. The molecule has 0 spiro atoms. The van der Waals surface area contributed by atoms with Gasteiger partial charge >= 0.3 is 0 Å². The lowest BCUT2D eigenvalue weighted by atomic mass is 9.93. The molecule has 0 saturated carbocycles. The first-order valence-corrected chi connectivity index (χ1v) is 9.58. The van der Waals surface area contributed by atoms with Gasteiger partial charge < -0.3 is 4.74 Å². The zero-order chi connectivity index (χ0) is 19.8. The quantitative estimate of drug-likeness (QED) is 0.491. The molecule has 1 aliphatic carbocycles. The zero-order valence-corrected chi connectivity index (χ0v) is 16.3. The molecule has 0 aliphatic heterocycles. The Bertz CT molecular complexity index is 1110. The van der Waals surface area contributed by atoms with Crippen LogP contribution in [0.5, 0.6) is 5.75 Å². The standard InChI is InChI=1S/C19H14ClN3O4S/c1-27-12-4-5-13-10(8-12)3-7-16-17(13)21-19(28-16)22-18(24)11-2-6-14(20)15(9-11)23(25)26/h2,4-6,8-9H,3,7H2,1H3,(H,21,22,24). The number of amides is 1. The molecule has 1 N–H and O–H groups in total. The maximum absolute atomic E-state index is 12.5. The maximum atomic E-state index is 12.5. The number of hydrogen-bond acceptors (Lipinski definition) is 6. The minimum Gasteiger partial charge on any atom is -0.497 e. The maximum Gasteiger partial charge on any atom is 0.288 e. The monoisotopic (exact) mass is 415 g/mol. The van der Waals surface area contributed by atoms with E-state index in [4.69, 9.17) is 16.3 Å². The van der Waals surface area contributed by atoms with Crippen molar-refractivity contribution in [1.82, 2.24) is 4.98 Å². The molecule has 1 aliphatic rings. The van der Waals surface area contributed by atoms with Gasteiger partial charge in [-0.25, -0.2) is 4.98 Å². The fourth-order valence-corrected chi connectivity index (χ4v) is 4.29. The molecular formula is C19H14ClN3O4S. The summed E-state index contributed by atoms with van der Waals surface area (Å²) in [5.41, 5.74) is 2.88. The largest absolute Gasteiger partial charge is 0.497 e. The Morgan fingerprint density at radius 3 is 2.86 bits per heavy atom. The fraction of sp³-hybridized carbons (Fsp3) is 0.158. The molecule has 2 aromatic carbocycles. The molecule has 1 heterocycles. The van der Waals surface area contributed by atoms with Crippen molar-refractivity contribution in [2.75, 3.05) is 12.4 Å². The van der Waals surface area contributed by atoms with Gasteiger partial charge in [-0.1, -0.05) is 11.6 Å². The third-order valence-corrected chi connectivity index (χ3v) is 5.86. The lowest BCUT2D eigenvalue weighted by Crippen LogP contribution is -2.12. The summed E-state index contributed by atoms with van der Waals surface area (Å²) in [4.78, 5) is 28.6. The van der Waals surface area contributed by atoms with Gasteiger partial charge in [-0.05, 0) is 48.7 Å². The molecule has 1 amide bonds. The number of nitro benzene ring substituents is 1. The molecule has 1 aromatic heterocycles. The van der Waals surface area contributed by atoms with E-state index in [2.05, 4.69) is 10.3 Å². The van der Waals surface area contributed by atoms with Gasteiger partial charge in [0, 0.05) is 22.1 Å². The van der Waals surface area contributed by atoms with Crippen LogP contribution in [0.2, 0.25) is 5.02 Å². The van der Waals surface area contributed by atoms with Gasteiger partial charge in [0.25, 0.3) is 11.6 Å². The molecular weight excluding hydrogens is 402 g/mol. The van der Waals surface area contributed by atoms with Crippen molar-refractivity contribution in [3.8, 4) is 17.0 Å². The lowest BCUT2D eigenvalue weighted by Gasteiger charge is -2.15. The molecule has 142 valence electrons. The van der Waals surface area contributed by atoms with E-state index in [1.54, 1.807) is 7.11 Å². The van der Waals surface area contributed by atoms with Crippen molar-refractivity contribution >= 4 is 39.7 Å². The number of nitrogens with one attached hydrogen (secondary N) is 1. The summed E-state index contributed by atoms with van der Waals surface area (Å²) in [7, 11) is 1.63. The average molecular weight is 416 g/mol. The van der Waals surface area contributed by atoms with Gasteiger partial charge in [0.2, 0.25) is 0 Å². The number of hydrogen-bond donors (Lipinski definition) is 1. The van der Waals surface area contributed by atoms with Gasteiger partial charge in [-0.2, -0.15) is 0 Å². The summed E-state index contributed by atoms with van der Waals surface area (Å²) in [6.45, 7) is 0. The topological polar surface area (TPSA) is 94.4 Å². The SMILES string of the molecule is COc1ccc2c(c1)CCc1sc(NC(=O)c3ccc(Cl)c([N+](=O)[O-])c3)nc1-2. The number of anilines is 1. The van der Waals surface area contributed by atoms with Crippen LogP contribution in [0.25, 0.3) is 11.3 Å². The number of methoxy groups -OCH3 is 1. The molecule has 0 bridgehead atoms. The van der Waals surface area contributed by atoms with Crippen LogP contribution >= 0.6 is 22.9 Å². The van der Waals surface area contributed by atoms with Gasteiger partial charge in [-0.3, -0.25) is 20.2 Å². The number of nitrogens with zero attached hydrogens (tertiary/aromatic N) is 2. The Morgan fingerprint density at radius 2 is 2.11 bits per heavy atom. The zero-order valence-electron chi connectivity index (χ0n) is 14.7. The number of halogens is 1. The highest BCUT2D eigenvalue weighted by molar-refractivity contribution is 7.16. The van der Waals surface area contributed by atoms with Crippen LogP contribution in [0.4, 0.5) is 10.8 Å². The molecule has 0 fully saturated rings. The van der Waals surface area contributed by atoms with Crippen LogP contribution in [0.3, 0.4) is 0 Å². The van der Waals surface area contributed by atoms with E-state index in [9.17, 15) is 14.9 Å². The Balaban J connectivity index is 1.61. The number of aromatic nitrogens is 1. The van der Waals surface area contributed by atoms with Gasteiger partial charge in [0.1, 0.15) is 10.8 Å². The van der Waals surface area contributed by atoms with E-state index >= 15 is 0 Å². The van der Waals surface area contributed by atoms with E-state index in [0.29, 0.717) is 5.13 Å². The molecule has 0 atom stereocenters. The second kappa shape index (κ2) is 7.21. The normalized spacial score (nSPS) is 12.1. The molecule has 9 heteroatoms. The Labute approximate surface area is 169 Å². The summed E-state index contributed by atoms with van der Waals surface area (Å²) >= 11 is 7.21. The van der Waals surface area contributed by atoms with Crippen LogP contribution in [0.15, 0.2) is 36.4 Å². The van der Waals surface area contributed by atoms with Crippen LogP contribution in [-0.2, 0) is 12.8 Å². The number of aryl methyl sites for hydroxylation is 2. The number of nitro groups is 1. The van der Waals surface area contributed by atoms with E-state index < -0.39 is 10.8 Å². The van der Waals surface area contributed by atoms with Crippen molar-refractivity contribution in [2.24, 2.45) is 0 Å². The van der Waals surface area contributed by atoms with Crippen LogP contribution in [-0.4, -0.2) is 22.9 Å². The van der Waals surface area contributed by atoms with E-state index in [-0.39, 0.29) is 16.3 Å². The Kier molecular flexibility index (Phi) is 4.74. The van der Waals surface area contributed by atoms with Crippen molar-refractivity contribution in [2.45, 2.75) is 12.8 Å². The van der Waals surface area contributed by atoms with Crippen LogP contribution in [0.1, 0.15) is 20.8 Å². The second-order valence-electron chi connectivity index (χ2n) is 6.19. The van der Waals surface area contributed by atoms with Gasteiger partial charge in [0.05, 0.1) is 17.7 Å². The molecule has 0 unspecified atom stereocenters. The van der Waals surface area contributed by atoms with E-state index in [1.807, 2.05) is 18.2 Å². The highest BCUT2D eigenvalue weighted by Crippen LogP contribution is 2.39. The highest BCUT2D eigenvalue weighted by atomic mass is 35.5. The first-order chi connectivity index (χ1) is 13.5. The van der Waals surface area contributed by atoms with Crippen molar-refractivity contribution in [3.05, 3.63) is 67.5 Å². The minimum absolute atomic E-state index is 0.0155. The number of benzene rings is 2. The third kappa shape index (κ3) is 3.32. The Hall–Kier alpha value is -2.97. The lowest BCUT2D eigenvalue weighted by molar-refractivity contribution is -0.384. The van der Waals surface area contributed by atoms with Crippen molar-refractivity contribution < 1.29 is 14.5 Å². The fourth-order valence-electron chi connectivity index (χ4n) is 3.13. The smallest absolute Gasteiger partial charge is 0.288 e. The molecule has 28 heavy (non-hydrogen) atoms. The average Bonchev–Trinajstić information content (AvgIpc) is 3.10. The number of carbonyl (C=O) groups excluding carboxylic acids is 1. The third-order valence-electron chi connectivity index (χ3n) is 4.51. The molecule has 7 nitrogen and oxygen atoms in total. The summed E-state index contributed by atoms with van der Waals surface area (Å²) in [6, 6.07) is 9.80. The summed E-state index contributed by atoms with van der Waals surface area (Å²) in [5, 5.41) is 14.2. The molecule has 0 saturated heterocycles.